The van der Waals surface area contributed by atoms with Crippen LogP contribution in [0.15, 0.2) is 40.4 Å². The quantitative estimate of drug-likeness (QED) is 0.601. The summed E-state index contributed by atoms with van der Waals surface area (Å²) in [5.74, 6) is 0.722. The molecule has 0 saturated carbocycles. The monoisotopic (exact) mass is 385 g/mol. The van der Waals surface area contributed by atoms with Gasteiger partial charge in [0.25, 0.3) is 0 Å². The van der Waals surface area contributed by atoms with E-state index in [-0.39, 0.29) is 12.1 Å². The number of anilines is 1. The molecule has 27 heavy (non-hydrogen) atoms. The molecule has 0 spiro atoms. The normalized spacial score (nSPS) is 12.0. The van der Waals surface area contributed by atoms with Crippen molar-refractivity contribution in [1.82, 2.24) is 30.3 Å². The van der Waals surface area contributed by atoms with E-state index in [2.05, 4.69) is 30.9 Å². The van der Waals surface area contributed by atoms with Crippen molar-refractivity contribution in [3.8, 4) is 0 Å². The molecule has 2 heterocycles. The third-order valence-electron chi connectivity index (χ3n) is 4.09. The summed E-state index contributed by atoms with van der Waals surface area (Å²) in [6.07, 6.45) is 1.50. The number of carbonyl (C=O) groups is 1. The van der Waals surface area contributed by atoms with Gasteiger partial charge in [0.1, 0.15) is 12.2 Å². The molecule has 0 aliphatic heterocycles. The van der Waals surface area contributed by atoms with Gasteiger partial charge in [-0.25, -0.2) is 14.5 Å². The zero-order valence-electron chi connectivity index (χ0n) is 15.8. The Balaban J connectivity index is 1.71. The molecule has 1 unspecified atom stereocenters. The fourth-order valence-electron chi connectivity index (χ4n) is 2.73. The smallest absolute Gasteiger partial charge is 0.319 e. The minimum absolute atomic E-state index is 0.259. The van der Waals surface area contributed by atoms with Gasteiger partial charge in [0, 0.05) is 17.1 Å². The molecule has 0 fully saturated rings. The maximum absolute atomic E-state index is 12.5. The summed E-state index contributed by atoms with van der Waals surface area (Å²) in [6, 6.07) is 7.15. The Morgan fingerprint density at radius 1 is 1.33 bits per heavy atom. The molecule has 9 heteroatoms. The molecule has 0 saturated heterocycles. The van der Waals surface area contributed by atoms with Gasteiger partial charge in [-0.1, -0.05) is 23.9 Å². The number of aromatic amines is 1. The van der Waals surface area contributed by atoms with E-state index in [1.165, 1.54) is 6.33 Å². The van der Waals surface area contributed by atoms with Gasteiger partial charge in [-0.2, -0.15) is 10.2 Å². The van der Waals surface area contributed by atoms with Gasteiger partial charge in [-0.05, 0) is 39.8 Å². The average Bonchev–Trinajstić information content (AvgIpc) is 3.25. The molecule has 3 N–H and O–H groups in total. The predicted molar refractivity (Wildman–Crippen MR) is 105 cm³/mol. The summed E-state index contributed by atoms with van der Waals surface area (Å²) in [7, 11) is 0. The van der Waals surface area contributed by atoms with Crippen LogP contribution in [0.5, 0.6) is 0 Å². The fourth-order valence-corrected chi connectivity index (χ4v) is 3.72. The van der Waals surface area contributed by atoms with Crippen LogP contribution >= 0.6 is 11.8 Å². The van der Waals surface area contributed by atoms with Crippen molar-refractivity contribution in [2.75, 3.05) is 5.32 Å². The molecular weight excluding hydrogens is 362 g/mol. The topological polar surface area (TPSA) is 101 Å². The zero-order chi connectivity index (χ0) is 19.4. The number of para-hydroxylation sites is 1. The van der Waals surface area contributed by atoms with Crippen LogP contribution in [-0.4, -0.2) is 31.0 Å². The summed E-state index contributed by atoms with van der Waals surface area (Å²) in [4.78, 5) is 18.7. The lowest BCUT2D eigenvalue weighted by Crippen LogP contribution is -2.32. The number of aromatic nitrogens is 5. The first-order chi connectivity index (χ1) is 13.0. The third kappa shape index (κ3) is 4.30. The van der Waals surface area contributed by atoms with Crippen molar-refractivity contribution in [1.29, 1.82) is 0 Å². The number of hydrogen-bond acceptors (Lipinski definition) is 5. The van der Waals surface area contributed by atoms with Gasteiger partial charge >= 0.3 is 6.03 Å². The van der Waals surface area contributed by atoms with Crippen LogP contribution < -0.4 is 10.6 Å². The van der Waals surface area contributed by atoms with Crippen molar-refractivity contribution in [2.24, 2.45) is 0 Å². The molecule has 0 aliphatic rings. The highest BCUT2D eigenvalue weighted by Crippen LogP contribution is 2.36. The van der Waals surface area contributed by atoms with E-state index >= 15 is 0 Å². The lowest BCUT2D eigenvalue weighted by molar-refractivity contribution is 0.248. The second kappa shape index (κ2) is 8.26. The minimum Gasteiger partial charge on any atom is -0.328 e. The number of rotatable bonds is 6. The van der Waals surface area contributed by atoms with Crippen molar-refractivity contribution in [3.05, 3.63) is 47.8 Å². The summed E-state index contributed by atoms with van der Waals surface area (Å²) in [5, 5.41) is 17.2. The molecule has 3 aromatic rings. The zero-order valence-corrected chi connectivity index (χ0v) is 16.6. The van der Waals surface area contributed by atoms with Crippen molar-refractivity contribution >= 4 is 23.5 Å². The number of benzene rings is 1. The molecule has 2 aromatic heterocycles. The van der Waals surface area contributed by atoms with E-state index in [0.717, 1.165) is 32.7 Å². The highest BCUT2D eigenvalue weighted by molar-refractivity contribution is 7.99. The number of amides is 2. The van der Waals surface area contributed by atoms with E-state index in [0.29, 0.717) is 6.54 Å². The molecule has 8 nitrogen and oxygen atoms in total. The number of urea groups is 1. The van der Waals surface area contributed by atoms with E-state index < -0.39 is 0 Å². The first-order valence-electron chi connectivity index (χ1n) is 8.73. The van der Waals surface area contributed by atoms with Gasteiger partial charge in [-0.15, -0.1) is 0 Å². The maximum atomic E-state index is 12.5. The van der Waals surface area contributed by atoms with Gasteiger partial charge in [0.2, 0.25) is 0 Å². The second-order valence-corrected chi connectivity index (χ2v) is 7.17. The number of carbonyl (C=O) groups excluding carboxylic acids is 1. The highest BCUT2D eigenvalue weighted by atomic mass is 32.2. The van der Waals surface area contributed by atoms with Crippen LogP contribution in [-0.2, 0) is 6.54 Å². The van der Waals surface area contributed by atoms with Crippen LogP contribution in [0, 0.1) is 13.8 Å². The Kier molecular flexibility index (Phi) is 5.80. The number of nitrogens with one attached hydrogen (secondary N) is 3. The van der Waals surface area contributed by atoms with E-state index in [4.69, 9.17) is 0 Å². The summed E-state index contributed by atoms with van der Waals surface area (Å²) in [5.41, 5.74) is 2.68. The number of H-pyrrole nitrogens is 1. The first kappa shape index (κ1) is 19.0. The minimum atomic E-state index is -0.290. The Morgan fingerprint density at radius 3 is 2.81 bits per heavy atom. The Bertz CT molecular complexity index is 914. The van der Waals surface area contributed by atoms with E-state index in [1.807, 2.05) is 52.0 Å². The summed E-state index contributed by atoms with van der Waals surface area (Å²) in [6.45, 7) is 8.51. The SMILES string of the molecule is CCn1ncnc1C(C)NC(=O)Nc1ccccc1Sc1c(C)n[nH]c1C. The van der Waals surface area contributed by atoms with Gasteiger partial charge in [0.15, 0.2) is 0 Å². The third-order valence-corrected chi connectivity index (χ3v) is 5.47. The number of hydrogen-bond donors (Lipinski definition) is 3. The molecule has 1 atom stereocenters. The lowest BCUT2D eigenvalue weighted by Gasteiger charge is -2.16. The number of nitrogens with zero attached hydrogens (tertiary/aromatic N) is 4. The molecule has 142 valence electrons. The van der Waals surface area contributed by atoms with Crippen molar-refractivity contribution in [2.45, 2.75) is 50.1 Å². The van der Waals surface area contributed by atoms with Crippen molar-refractivity contribution in [3.63, 3.8) is 0 Å². The van der Waals surface area contributed by atoms with Gasteiger partial charge < -0.3 is 10.6 Å². The van der Waals surface area contributed by atoms with Gasteiger partial charge in [-0.3, -0.25) is 5.10 Å². The molecule has 0 aliphatic carbocycles. The predicted octanol–water partition coefficient (Wildman–Crippen LogP) is 3.67. The average molecular weight is 385 g/mol. The Hall–Kier alpha value is -2.81. The maximum Gasteiger partial charge on any atom is 0.319 e. The largest absolute Gasteiger partial charge is 0.328 e. The highest BCUT2D eigenvalue weighted by Gasteiger charge is 2.17. The van der Waals surface area contributed by atoms with Crippen LogP contribution in [0.3, 0.4) is 0 Å². The standard InChI is InChI=1S/C18H23N7OS/c1-5-25-17(19-10-20-25)13(4)21-18(26)22-14-8-6-7-9-15(14)27-16-11(2)23-24-12(16)3/h6-10,13H,5H2,1-4H3,(H,23,24)(H2,21,22,26). The first-order valence-corrected chi connectivity index (χ1v) is 9.55. The fraction of sp³-hybridized carbons (Fsp3) is 0.333. The Labute approximate surface area is 162 Å². The van der Waals surface area contributed by atoms with Crippen LogP contribution in [0.2, 0.25) is 0 Å². The molecule has 2 amide bonds. The van der Waals surface area contributed by atoms with Crippen LogP contribution in [0.4, 0.5) is 10.5 Å². The molecule has 0 bridgehead atoms. The molecule has 1 aromatic carbocycles. The molecular formula is C18H23N7OS. The second-order valence-electron chi connectivity index (χ2n) is 6.12. The number of aryl methyl sites for hydroxylation is 3. The molecule has 0 radical (unpaired) electrons. The Morgan fingerprint density at radius 2 is 2.11 bits per heavy atom. The van der Waals surface area contributed by atoms with E-state index in [1.54, 1.807) is 16.4 Å². The lowest BCUT2D eigenvalue weighted by atomic mass is 10.3. The summed E-state index contributed by atoms with van der Waals surface area (Å²) >= 11 is 1.58. The van der Waals surface area contributed by atoms with Crippen LogP contribution in [0.1, 0.15) is 37.1 Å². The van der Waals surface area contributed by atoms with Crippen LogP contribution in [0.25, 0.3) is 0 Å². The summed E-state index contributed by atoms with van der Waals surface area (Å²) < 4.78 is 1.76. The van der Waals surface area contributed by atoms with Gasteiger partial charge in [0.05, 0.1) is 22.3 Å². The van der Waals surface area contributed by atoms with Crippen molar-refractivity contribution < 1.29 is 4.79 Å². The molecule has 3 rings (SSSR count). The van der Waals surface area contributed by atoms with E-state index in [9.17, 15) is 4.79 Å².